The van der Waals surface area contributed by atoms with Crippen LogP contribution in [0.15, 0.2) is 24.3 Å². The summed E-state index contributed by atoms with van der Waals surface area (Å²) in [5.74, 6) is -0.827. The summed E-state index contributed by atoms with van der Waals surface area (Å²) in [7, 11) is 0. The lowest BCUT2D eigenvalue weighted by atomic mass is 9.84. The minimum Gasteiger partial charge on any atom is -0.481 e. The van der Waals surface area contributed by atoms with Gasteiger partial charge in [-0.3, -0.25) is 4.79 Å². The van der Waals surface area contributed by atoms with Gasteiger partial charge in [-0.15, -0.1) is 0 Å². The molecule has 2 heterocycles. The zero-order chi connectivity index (χ0) is 22.8. The van der Waals surface area contributed by atoms with Crippen molar-refractivity contribution in [3.05, 3.63) is 57.6 Å². The number of carbonyl (C=O) groups is 2. The monoisotopic (exact) mass is 434 g/mol. The van der Waals surface area contributed by atoms with Gasteiger partial charge in [-0.1, -0.05) is 49.1 Å². The van der Waals surface area contributed by atoms with Crippen LogP contribution in [0.4, 0.5) is 4.79 Å². The molecule has 0 aromatic heterocycles. The van der Waals surface area contributed by atoms with E-state index in [0.29, 0.717) is 13.1 Å². The summed E-state index contributed by atoms with van der Waals surface area (Å²) >= 11 is 0. The van der Waals surface area contributed by atoms with Crippen molar-refractivity contribution in [3.8, 4) is 11.1 Å². The predicted molar refractivity (Wildman–Crippen MR) is 127 cm³/mol. The third-order valence-corrected chi connectivity index (χ3v) is 7.16. The minimum atomic E-state index is -0.827. The van der Waals surface area contributed by atoms with Crippen molar-refractivity contribution in [1.29, 1.82) is 0 Å². The summed E-state index contributed by atoms with van der Waals surface area (Å²) in [6.45, 7) is 9.00. The summed E-state index contributed by atoms with van der Waals surface area (Å²) in [6, 6.07) is 8.41. The van der Waals surface area contributed by atoms with E-state index in [1.165, 1.54) is 30.4 Å². The molecule has 1 saturated heterocycles. The Morgan fingerprint density at radius 2 is 1.38 bits per heavy atom. The van der Waals surface area contributed by atoms with Crippen LogP contribution in [0.3, 0.4) is 0 Å². The molecule has 1 N–H and O–H groups in total. The first-order valence-corrected chi connectivity index (χ1v) is 11.8. The highest BCUT2D eigenvalue weighted by atomic mass is 16.4. The molecule has 4 rings (SSSR count). The van der Waals surface area contributed by atoms with Crippen molar-refractivity contribution < 1.29 is 14.7 Å². The van der Waals surface area contributed by atoms with E-state index in [1.807, 2.05) is 16.7 Å². The maximum atomic E-state index is 13.4. The van der Waals surface area contributed by atoms with Crippen molar-refractivity contribution in [3.63, 3.8) is 0 Å². The molecule has 32 heavy (non-hydrogen) atoms. The third-order valence-electron chi connectivity index (χ3n) is 7.16. The maximum Gasteiger partial charge on any atom is 0.320 e. The van der Waals surface area contributed by atoms with Crippen LogP contribution >= 0.6 is 0 Å². The van der Waals surface area contributed by atoms with E-state index in [2.05, 4.69) is 38.1 Å². The second-order valence-electron chi connectivity index (χ2n) is 9.39. The summed E-state index contributed by atoms with van der Waals surface area (Å²) in [4.78, 5) is 29.1. The molecule has 0 aliphatic carbocycles. The topological polar surface area (TPSA) is 60.9 Å². The molecular weight excluding hydrogens is 400 g/mol. The fourth-order valence-electron chi connectivity index (χ4n) is 5.32. The van der Waals surface area contributed by atoms with Crippen LogP contribution in [-0.2, 0) is 24.3 Å². The number of amides is 2. The Kier molecular flexibility index (Phi) is 6.54. The molecule has 5 nitrogen and oxygen atoms in total. The molecule has 170 valence electrons. The number of hydrogen-bond donors (Lipinski definition) is 1. The molecule has 0 atom stereocenters. The van der Waals surface area contributed by atoms with Crippen molar-refractivity contribution in [1.82, 2.24) is 9.80 Å². The van der Waals surface area contributed by atoms with E-state index in [9.17, 15) is 14.7 Å². The summed E-state index contributed by atoms with van der Waals surface area (Å²) < 4.78 is 0. The van der Waals surface area contributed by atoms with Crippen LogP contribution in [0.1, 0.15) is 65.5 Å². The highest BCUT2D eigenvalue weighted by molar-refractivity contribution is 5.83. The molecule has 0 spiro atoms. The van der Waals surface area contributed by atoms with E-state index in [4.69, 9.17) is 0 Å². The zero-order valence-corrected chi connectivity index (χ0v) is 19.5. The molecule has 0 bridgehead atoms. The Balaban J connectivity index is 1.71. The van der Waals surface area contributed by atoms with Crippen molar-refractivity contribution in [2.45, 2.75) is 72.4 Å². The Hall–Kier alpha value is -2.82. The minimum absolute atomic E-state index is 0.0107. The molecule has 0 unspecified atom stereocenters. The molecule has 2 aromatic rings. The first-order chi connectivity index (χ1) is 15.4. The SMILES string of the molecule is Cc1ccc(-c2c(C)c3c(c(C)c2CC(=O)O)CN(C(=O)N2CCCCCCC2)C3)cc1. The number of fused-ring (bicyclic) bond motifs is 1. The van der Waals surface area contributed by atoms with Crippen molar-refractivity contribution >= 4 is 12.0 Å². The average molecular weight is 435 g/mol. The number of benzene rings is 2. The van der Waals surface area contributed by atoms with E-state index in [0.717, 1.165) is 59.3 Å². The molecular formula is C27H34N2O3. The molecule has 2 aliphatic rings. The van der Waals surface area contributed by atoms with Gasteiger partial charge in [0.15, 0.2) is 0 Å². The molecule has 0 radical (unpaired) electrons. The standard InChI is InChI=1S/C27H34N2O3/c1-18-9-11-21(12-10-18)26-20(3)24-17-29(16-23(24)19(2)22(26)15-25(30)31)27(32)28-13-7-5-4-6-8-14-28/h9-12H,4-8,13-17H2,1-3H3,(H,30,31). The van der Waals surface area contributed by atoms with Gasteiger partial charge in [-0.2, -0.15) is 0 Å². The highest BCUT2D eigenvalue weighted by Gasteiger charge is 2.32. The van der Waals surface area contributed by atoms with Gasteiger partial charge in [0.1, 0.15) is 0 Å². The third kappa shape index (κ3) is 4.38. The summed E-state index contributed by atoms with van der Waals surface area (Å²) in [5, 5.41) is 9.64. The van der Waals surface area contributed by atoms with Gasteiger partial charge < -0.3 is 14.9 Å². The number of nitrogens with zero attached hydrogens (tertiary/aromatic N) is 2. The van der Waals surface area contributed by atoms with E-state index >= 15 is 0 Å². The lowest BCUT2D eigenvalue weighted by molar-refractivity contribution is -0.136. The molecule has 2 aliphatic heterocycles. The van der Waals surface area contributed by atoms with Crippen molar-refractivity contribution in [2.75, 3.05) is 13.1 Å². The van der Waals surface area contributed by atoms with Gasteiger partial charge in [0.05, 0.1) is 6.42 Å². The fourth-order valence-corrected chi connectivity index (χ4v) is 5.32. The Morgan fingerprint density at radius 3 is 1.97 bits per heavy atom. The number of carbonyl (C=O) groups excluding carboxylic acids is 1. The largest absolute Gasteiger partial charge is 0.481 e. The predicted octanol–water partition coefficient (Wildman–Crippen LogP) is 5.61. The Labute approximate surface area is 191 Å². The average Bonchev–Trinajstić information content (AvgIpc) is 3.18. The van der Waals surface area contributed by atoms with Crippen molar-refractivity contribution in [2.24, 2.45) is 0 Å². The van der Waals surface area contributed by atoms with Crippen LogP contribution in [0.5, 0.6) is 0 Å². The normalized spacial score (nSPS) is 16.5. The summed E-state index contributed by atoms with van der Waals surface area (Å²) in [5.41, 5.74) is 8.56. The van der Waals surface area contributed by atoms with Gasteiger partial charge in [-0.25, -0.2) is 4.79 Å². The fraction of sp³-hybridized carbons (Fsp3) is 0.481. The molecule has 1 fully saturated rings. The second kappa shape index (κ2) is 9.35. The van der Waals surface area contributed by atoms with Crippen LogP contribution in [0.2, 0.25) is 0 Å². The van der Waals surface area contributed by atoms with Gasteiger partial charge in [-0.05, 0) is 72.6 Å². The van der Waals surface area contributed by atoms with Crippen LogP contribution in [-0.4, -0.2) is 40.0 Å². The van der Waals surface area contributed by atoms with Crippen LogP contribution in [0, 0.1) is 20.8 Å². The lowest BCUT2D eigenvalue weighted by Gasteiger charge is -2.29. The summed E-state index contributed by atoms with van der Waals surface area (Å²) in [6.07, 6.45) is 5.80. The number of urea groups is 1. The zero-order valence-electron chi connectivity index (χ0n) is 19.5. The number of aryl methyl sites for hydroxylation is 1. The molecule has 2 amide bonds. The lowest BCUT2D eigenvalue weighted by Crippen LogP contribution is -2.42. The van der Waals surface area contributed by atoms with Gasteiger partial charge in [0.25, 0.3) is 0 Å². The van der Waals surface area contributed by atoms with E-state index in [-0.39, 0.29) is 12.5 Å². The smallest absolute Gasteiger partial charge is 0.320 e. The number of carboxylic acids is 1. The molecule has 2 aromatic carbocycles. The van der Waals surface area contributed by atoms with Gasteiger partial charge >= 0.3 is 12.0 Å². The highest BCUT2D eigenvalue weighted by Crippen LogP contribution is 2.40. The van der Waals surface area contributed by atoms with E-state index in [1.54, 1.807) is 0 Å². The van der Waals surface area contributed by atoms with Crippen LogP contribution < -0.4 is 0 Å². The first-order valence-electron chi connectivity index (χ1n) is 11.8. The number of rotatable bonds is 3. The Bertz CT molecular complexity index is 1020. The number of aliphatic carboxylic acids is 1. The quantitative estimate of drug-likeness (QED) is 0.683. The van der Waals surface area contributed by atoms with E-state index < -0.39 is 5.97 Å². The molecule has 5 heteroatoms. The first kappa shape index (κ1) is 22.4. The van der Waals surface area contributed by atoms with Gasteiger partial charge in [0, 0.05) is 26.2 Å². The number of carboxylic acid groups (broad SMARTS) is 1. The van der Waals surface area contributed by atoms with Crippen LogP contribution in [0.25, 0.3) is 11.1 Å². The number of hydrogen-bond acceptors (Lipinski definition) is 2. The van der Waals surface area contributed by atoms with Gasteiger partial charge in [0.2, 0.25) is 0 Å². The maximum absolute atomic E-state index is 13.4. The second-order valence-corrected chi connectivity index (χ2v) is 9.39. The number of likely N-dealkylation sites (tertiary alicyclic amines) is 1. The molecule has 0 saturated carbocycles. The Morgan fingerprint density at radius 1 is 0.812 bits per heavy atom.